The minimum atomic E-state index is -0.0459. The Bertz CT molecular complexity index is 2790. The number of ether oxygens (including phenoxy) is 1. The number of para-hydroxylation sites is 2. The molecule has 0 bridgehead atoms. The number of hydrogen-bond donors (Lipinski definition) is 0. The summed E-state index contributed by atoms with van der Waals surface area (Å²) in [6, 6.07) is 48.6. The molecule has 0 radical (unpaired) electrons. The van der Waals surface area contributed by atoms with Gasteiger partial charge in [0.1, 0.15) is 22.9 Å². The predicted molar refractivity (Wildman–Crippen MR) is 210 cm³/mol. The van der Waals surface area contributed by atoms with Crippen LogP contribution >= 0.6 is 0 Å². The number of methoxy groups -OCH3 is 1. The number of pyridine rings is 2. The number of benzene rings is 5. The van der Waals surface area contributed by atoms with Crippen molar-refractivity contribution in [3.63, 3.8) is 0 Å². The van der Waals surface area contributed by atoms with Gasteiger partial charge in [0.05, 0.1) is 18.1 Å². The van der Waals surface area contributed by atoms with Gasteiger partial charge < -0.3 is 9.30 Å². The van der Waals surface area contributed by atoms with Gasteiger partial charge in [-0.2, -0.15) is 0 Å². The molecule has 4 aromatic heterocycles. The molecule has 5 nitrogen and oxygen atoms in total. The van der Waals surface area contributed by atoms with Crippen LogP contribution in [0.15, 0.2) is 134 Å². The van der Waals surface area contributed by atoms with Gasteiger partial charge in [-0.15, -0.1) is 29.8 Å². The van der Waals surface area contributed by atoms with E-state index >= 15 is 0 Å². The molecule has 0 aliphatic carbocycles. The van der Waals surface area contributed by atoms with E-state index in [0.717, 1.165) is 77.8 Å². The number of fused-ring (bicyclic) bond motifs is 6. The maximum Gasteiger partial charge on any atom is 0.149 e. The molecule has 258 valence electrons. The van der Waals surface area contributed by atoms with Crippen LogP contribution in [-0.4, -0.2) is 26.2 Å². The third-order valence-corrected chi connectivity index (χ3v) is 10.1. The summed E-state index contributed by atoms with van der Waals surface area (Å²) in [5.41, 5.74) is 11.6. The second-order valence-electron chi connectivity index (χ2n) is 14.2. The molecule has 0 aliphatic rings. The Balaban J connectivity index is 0.00000387. The molecular formula is C46H37N4OPt-. The summed E-state index contributed by atoms with van der Waals surface area (Å²) >= 11 is 0. The second kappa shape index (κ2) is 12.9. The molecule has 0 fully saturated rings. The van der Waals surface area contributed by atoms with Gasteiger partial charge in [0, 0.05) is 54.4 Å². The average Bonchev–Trinajstić information content (AvgIpc) is 3.66. The fraction of sp³-hybridized carbons (Fsp3) is 0.130. The third kappa shape index (κ3) is 5.34. The minimum Gasteiger partial charge on any atom is -0.497 e. The van der Waals surface area contributed by atoms with Gasteiger partial charge >= 0.3 is 0 Å². The summed E-state index contributed by atoms with van der Waals surface area (Å²) in [5.74, 6) is 1.66. The Morgan fingerprint density at radius 3 is 1.98 bits per heavy atom. The van der Waals surface area contributed by atoms with Crippen LogP contribution in [-0.2, 0) is 26.5 Å². The molecule has 0 aliphatic heterocycles. The molecule has 6 heteroatoms. The van der Waals surface area contributed by atoms with Crippen LogP contribution in [0, 0.1) is 13.0 Å². The summed E-state index contributed by atoms with van der Waals surface area (Å²) in [6.07, 6.45) is 1.92. The second-order valence-corrected chi connectivity index (χ2v) is 14.2. The molecule has 0 spiro atoms. The molecule has 52 heavy (non-hydrogen) atoms. The van der Waals surface area contributed by atoms with E-state index in [0.29, 0.717) is 0 Å². The van der Waals surface area contributed by atoms with E-state index in [9.17, 15) is 0 Å². The van der Waals surface area contributed by atoms with Crippen LogP contribution in [0.2, 0.25) is 0 Å². The smallest absolute Gasteiger partial charge is 0.149 e. The Hall–Kier alpha value is -5.51. The maximum absolute atomic E-state index is 5.68. The largest absolute Gasteiger partial charge is 0.497 e. The van der Waals surface area contributed by atoms with Gasteiger partial charge in [-0.1, -0.05) is 105 Å². The Labute approximate surface area is 317 Å². The summed E-state index contributed by atoms with van der Waals surface area (Å²) < 4.78 is 10.1. The minimum absolute atomic E-state index is 0. The SMILES string of the molecule is COc1ccc(-c2c3c4ccccc4n(-c4[c-]c(-c5ccccc5C)ccc4)c3nc3c2c2ccccc2n3-c2cc(C(C)(C)C)ccn2)cc1.[Pt]. The molecule has 9 aromatic rings. The van der Waals surface area contributed by atoms with Crippen molar-refractivity contribution < 1.29 is 25.8 Å². The van der Waals surface area contributed by atoms with Crippen molar-refractivity contribution in [2.75, 3.05) is 7.11 Å². The normalized spacial score (nSPS) is 11.8. The Kier molecular flexibility index (Phi) is 8.35. The predicted octanol–water partition coefficient (Wildman–Crippen LogP) is 11.4. The van der Waals surface area contributed by atoms with Crippen LogP contribution in [0.1, 0.15) is 31.9 Å². The zero-order chi connectivity index (χ0) is 34.9. The van der Waals surface area contributed by atoms with Gasteiger partial charge in [-0.05, 0) is 65.6 Å². The van der Waals surface area contributed by atoms with E-state index in [-0.39, 0.29) is 26.5 Å². The number of nitrogens with zero attached hydrogens (tertiary/aromatic N) is 4. The van der Waals surface area contributed by atoms with E-state index in [1.807, 2.05) is 18.3 Å². The first kappa shape index (κ1) is 33.6. The van der Waals surface area contributed by atoms with Gasteiger partial charge in [-0.25, -0.2) is 9.97 Å². The van der Waals surface area contributed by atoms with Gasteiger partial charge in [0.15, 0.2) is 0 Å². The van der Waals surface area contributed by atoms with Crippen LogP contribution in [0.5, 0.6) is 5.75 Å². The van der Waals surface area contributed by atoms with Crippen LogP contribution in [0.25, 0.3) is 77.6 Å². The molecule has 0 saturated carbocycles. The summed E-state index contributed by atoms with van der Waals surface area (Å²) in [5, 5.41) is 4.44. The van der Waals surface area contributed by atoms with Gasteiger partial charge in [0.2, 0.25) is 0 Å². The van der Waals surface area contributed by atoms with Crippen LogP contribution in [0.3, 0.4) is 0 Å². The molecule has 4 heterocycles. The molecular weight excluding hydrogens is 820 g/mol. The number of aryl methyl sites for hydroxylation is 1. The van der Waals surface area contributed by atoms with E-state index < -0.39 is 0 Å². The van der Waals surface area contributed by atoms with E-state index in [1.54, 1.807) is 7.11 Å². The van der Waals surface area contributed by atoms with Gasteiger partial charge in [0.25, 0.3) is 0 Å². The first-order valence-corrected chi connectivity index (χ1v) is 17.4. The molecule has 0 saturated heterocycles. The van der Waals surface area contributed by atoms with Crippen LogP contribution in [0.4, 0.5) is 0 Å². The summed E-state index contributed by atoms with van der Waals surface area (Å²) in [7, 11) is 1.71. The van der Waals surface area contributed by atoms with Crippen molar-refractivity contribution in [1.29, 1.82) is 0 Å². The summed E-state index contributed by atoms with van der Waals surface area (Å²) in [6.45, 7) is 8.86. The Morgan fingerprint density at radius 1 is 0.673 bits per heavy atom. The van der Waals surface area contributed by atoms with Crippen molar-refractivity contribution in [2.45, 2.75) is 33.1 Å². The zero-order valence-electron chi connectivity index (χ0n) is 29.7. The monoisotopic (exact) mass is 856 g/mol. The van der Waals surface area contributed by atoms with Gasteiger partial charge in [-0.3, -0.25) is 4.57 Å². The van der Waals surface area contributed by atoms with Crippen LogP contribution < -0.4 is 4.74 Å². The number of hydrogen-bond acceptors (Lipinski definition) is 3. The molecule has 0 N–H and O–H groups in total. The van der Waals surface area contributed by atoms with Crippen molar-refractivity contribution in [2.24, 2.45) is 0 Å². The number of rotatable bonds is 5. The van der Waals surface area contributed by atoms with Crippen molar-refractivity contribution in [1.82, 2.24) is 19.1 Å². The number of aromatic nitrogens is 4. The maximum atomic E-state index is 5.68. The molecule has 0 atom stereocenters. The average molecular weight is 857 g/mol. The summed E-state index contributed by atoms with van der Waals surface area (Å²) in [4.78, 5) is 10.6. The van der Waals surface area contributed by atoms with Crippen molar-refractivity contribution >= 4 is 43.9 Å². The standard InChI is InChI=1S/C46H37N4O.Pt/c1-29-13-6-7-16-35(29)31-14-12-15-33(27-31)49-38-19-10-8-17-36(38)42-41(30-21-23-34(51-5)24-22-30)43-37-18-9-11-20-39(37)50(45(43)48-44(42)49)40-28-32(25-26-47-40)46(2,3)4;/h6-26,28H,1-5H3;/q-1;. The Morgan fingerprint density at radius 2 is 1.31 bits per heavy atom. The van der Waals surface area contributed by atoms with E-state index in [4.69, 9.17) is 14.7 Å². The fourth-order valence-corrected chi connectivity index (χ4v) is 7.53. The first-order chi connectivity index (χ1) is 24.8. The topological polar surface area (TPSA) is 44.9 Å². The quantitative estimate of drug-likeness (QED) is 0.162. The molecule has 5 aromatic carbocycles. The molecule has 0 unspecified atom stereocenters. The fourth-order valence-electron chi connectivity index (χ4n) is 7.53. The van der Waals surface area contributed by atoms with E-state index in [1.165, 1.54) is 16.7 Å². The first-order valence-electron chi connectivity index (χ1n) is 17.4. The van der Waals surface area contributed by atoms with E-state index in [2.05, 4.69) is 158 Å². The van der Waals surface area contributed by atoms with Crippen molar-refractivity contribution in [3.05, 3.63) is 151 Å². The molecule has 0 amide bonds. The molecule has 9 rings (SSSR count). The zero-order valence-corrected chi connectivity index (χ0v) is 32.0. The third-order valence-electron chi connectivity index (χ3n) is 10.1. The van der Waals surface area contributed by atoms with Crippen molar-refractivity contribution in [3.8, 4) is 39.5 Å².